The lowest BCUT2D eigenvalue weighted by Crippen LogP contribution is -2.39. The van der Waals surface area contributed by atoms with Crippen molar-refractivity contribution in [2.24, 2.45) is 0 Å². The minimum atomic E-state index is -3.74. The first-order valence-electron chi connectivity index (χ1n) is 5.93. The van der Waals surface area contributed by atoms with E-state index < -0.39 is 25.9 Å². The number of carbonyl (C=O) groups excluding carboxylic acids is 2. The molecule has 0 aliphatic heterocycles. The molecule has 8 nitrogen and oxygen atoms in total. The number of rotatable bonds is 8. The lowest BCUT2D eigenvalue weighted by atomic mass is 10.5. The molecule has 0 aromatic heterocycles. The van der Waals surface area contributed by atoms with Crippen molar-refractivity contribution in [1.29, 1.82) is 0 Å². The van der Waals surface area contributed by atoms with Gasteiger partial charge in [0, 0.05) is 0 Å². The predicted octanol–water partition coefficient (Wildman–Crippen LogP) is 1.21. The summed E-state index contributed by atoms with van der Waals surface area (Å²) < 4.78 is 31.2. The van der Waals surface area contributed by atoms with E-state index >= 15 is 0 Å². The molecule has 0 fully saturated rings. The minimum Gasteiger partial charge on any atom is -0.459 e. The van der Waals surface area contributed by atoms with Crippen molar-refractivity contribution >= 4 is 19.7 Å². The highest BCUT2D eigenvalue weighted by atomic mass is 31.2. The number of carbonyl (C=O) groups is 2. The normalized spacial score (nSPS) is 12.8. The second-order valence-electron chi connectivity index (χ2n) is 3.22. The Morgan fingerprint density at radius 2 is 1.63 bits per heavy atom. The first-order valence-corrected chi connectivity index (χ1v) is 7.39. The van der Waals surface area contributed by atoms with Gasteiger partial charge >= 0.3 is 19.7 Å². The van der Waals surface area contributed by atoms with E-state index in [0.29, 0.717) is 0 Å². The maximum atomic E-state index is 12.0. The molecule has 0 rings (SSSR count). The standard InChI is InChI=1S/C10H20NO7P/c1-5-15-10(13)9(12)11-8(4)18-19(14,16-6-2)17-7-3/h8H,5-7H2,1-4H3,(H,11,12). The number of ether oxygens (including phenoxy) is 1. The van der Waals surface area contributed by atoms with Gasteiger partial charge in [-0.25, -0.2) is 9.36 Å². The van der Waals surface area contributed by atoms with E-state index in [1.165, 1.54) is 6.92 Å². The van der Waals surface area contributed by atoms with Gasteiger partial charge in [0.2, 0.25) is 0 Å². The summed E-state index contributed by atoms with van der Waals surface area (Å²) in [5, 5.41) is 2.17. The van der Waals surface area contributed by atoms with Crippen LogP contribution in [0.3, 0.4) is 0 Å². The monoisotopic (exact) mass is 297 g/mol. The van der Waals surface area contributed by atoms with Crippen LogP contribution in [0.5, 0.6) is 0 Å². The zero-order chi connectivity index (χ0) is 14.9. The number of esters is 1. The first kappa shape index (κ1) is 18.0. The molecule has 9 heteroatoms. The molecule has 0 bridgehead atoms. The van der Waals surface area contributed by atoms with Crippen LogP contribution in [0.15, 0.2) is 0 Å². The summed E-state index contributed by atoms with van der Waals surface area (Å²) >= 11 is 0. The molecule has 1 unspecified atom stereocenters. The van der Waals surface area contributed by atoms with Gasteiger partial charge < -0.3 is 10.1 Å². The van der Waals surface area contributed by atoms with Crippen molar-refractivity contribution in [3.05, 3.63) is 0 Å². The van der Waals surface area contributed by atoms with Crippen LogP contribution in [0.1, 0.15) is 27.7 Å². The van der Waals surface area contributed by atoms with Crippen molar-refractivity contribution in [3.63, 3.8) is 0 Å². The van der Waals surface area contributed by atoms with Crippen LogP contribution in [0.2, 0.25) is 0 Å². The average Bonchev–Trinajstić information content (AvgIpc) is 2.28. The van der Waals surface area contributed by atoms with Crippen molar-refractivity contribution in [2.45, 2.75) is 33.9 Å². The number of amides is 1. The van der Waals surface area contributed by atoms with Gasteiger partial charge in [0.15, 0.2) is 0 Å². The van der Waals surface area contributed by atoms with E-state index in [4.69, 9.17) is 13.6 Å². The summed E-state index contributed by atoms with van der Waals surface area (Å²) in [4.78, 5) is 22.4. The van der Waals surface area contributed by atoms with Gasteiger partial charge in [-0.1, -0.05) is 0 Å². The first-order chi connectivity index (χ1) is 8.88. The van der Waals surface area contributed by atoms with Gasteiger partial charge in [-0.3, -0.25) is 18.4 Å². The molecule has 0 spiro atoms. The van der Waals surface area contributed by atoms with Crippen LogP contribution < -0.4 is 5.32 Å². The van der Waals surface area contributed by atoms with Crippen molar-refractivity contribution < 1.29 is 32.5 Å². The Morgan fingerprint density at radius 3 is 2.05 bits per heavy atom. The smallest absolute Gasteiger partial charge is 0.459 e. The lowest BCUT2D eigenvalue weighted by Gasteiger charge is -2.21. The van der Waals surface area contributed by atoms with Crippen LogP contribution in [-0.4, -0.2) is 37.9 Å². The molecule has 0 saturated carbocycles. The molecule has 1 N–H and O–H groups in total. The van der Waals surface area contributed by atoms with Crippen LogP contribution in [0.4, 0.5) is 0 Å². The van der Waals surface area contributed by atoms with Gasteiger partial charge in [0.25, 0.3) is 0 Å². The molecule has 1 amide bonds. The lowest BCUT2D eigenvalue weighted by molar-refractivity contribution is -0.155. The molecule has 19 heavy (non-hydrogen) atoms. The van der Waals surface area contributed by atoms with Gasteiger partial charge in [-0.2, -0.15) is 0 Å². The summed E-state index contributed by atoms with van der Waals surface area (Å²) in [6, 6.07) is 0. The van der Waals surface area contributed by atoms with Crippen LogP contribution >= 0.6 is 7.82 Å². The maximum absolute atomic E-state index is 12.0. The average molecular weight is 297 g/mol. The van der Waals surface area contributed by atoms with E-state index in [2.05, 4.69) is 10.1 Å². The third kappa shape index (κ3) is 7.27. The molecular formula is C10H20NO7P. The number of phosphoric ester groups is 1. The largest absolute Gasteiger partial charge is 0.476 e. The third-order valence-electron chi connectivity index (χ3n) is 1.66. The second kappa shape index (κ2) is 9.03. The van der Waals surface area contributed by atoms with Gasteiger partial charge in [-0.05, 0) is 27.7 Å². The van der Waals surface area contributed by atoms with Crippen LogP contribution in [0.25, 0.3) is 0 Å². The van der Waals surface area contributed by atoms with E-state index in [1.807, 2.05) is 0 Å². The van der Waals surface area contributed by atoms with E-state index in [1.54, 1.807) is 20.8 Å². The number of hydrogen-bond acceptors (Lipinski definition) is 7. The number of phosphoric acid groups is 1. The fourth-order valence-electron chi connectivity index (χ4n) is 1.07. The van der Waals surface area contributed by atoms with Crippen LogP contribution in [0, 0.1) is 0 Å². The minimum absolute atomic E-state index is 0.0812. The fraction of sp³-hybridized carbons (Fsp3) is 0.800. The highest BCUT2D eigenvalue weighted by molar-refractivity contribution is 7.48. The fourth-order valence-corrected chi connectivity index (χ4v) is 2.34. The van der Waals surface area contributed by atoms with Crippen molar-refractivity contribution in [2.75, 3.05) is 19.8 Å². The van der Waals surface area contributed by atoms with E-state index in [9.17, 15) is 14.2 Å². The zero-order valence-electron chi connectivity index (χ0n) is 11.5. The Hall–Kier alpha value is -0.950. The van der Waals surface area contributed by atoms with Crippen molar-refractivity contribution in [3.8, 4) is 0 Å². The van der Waals surface area contributed by atoms with Crippen LogP contribution in [-0.2, 0) is 32.5 Å². The third-order valence-corrected chi connectivity index (χ3v) is 3.38. The summed E-state index contributed by atoms with van der Waals surface area (Å²) in [6.07, 6.45) is -1.03. The quantitative estimate of drug-likeness (QED) is 0.311. The molecule has 0 heterocycles. The summed E-state index contributed by atoms with van der Waals surface area (Å²) in [5.74, 6) is -2.03. The highest BCUT2D eigenvalue weighted by Crippen LogP contribution is 2.49. The van der Waals surface area contributed by atoms with Gasteiger partial charge in [-0.15, -0.1) is 0 Å². The SMILES string of the molecule is CCOC(=O)C(=O)NC(C)OP(=O)(OCC)OCC. The predicted molar refractivity (Wildman–Crippen MR) is 66.2 cm³/mol. The molecule has 0 aliphatic rings. The second-order valence-corrected chi connectivity index (χ2v) is 4.85. The molecule has 0 radical (unpaired) electrons. The van der Waals surface area contributed by atoms with Crippen molar-refractivity contribution in [1.82, 2.24) is 5.32 Å². The highest BCUT2D eigenvalue weighted by Gasteiger charge is 2.30. The molecule has 1 atom stereocenters. The molecular weight excluding hydrogens is 277 g/mol. The van der Waals surface area contributed by atoms with E-state index in [0.717, 1.165) is 0 Å². The Labute approximate surface area is 112 Å². The maximum Gasteiger partial charge on any atom is 0.476 e. The molecule has 112 valence electrons. The van der Waals surface area contributed by atoms with E-state index in [-0.39, 0.29) is 19.8 Å². The molecule has 0 saturated heterocycles. The number of hydrogen-bond donors (Lipinski definition) is 1. The summed E-state index contributed by atoms with van der Waals surface area (Å²) in [5.41, 5.74) is 0. The Morgan fingerprint density at radius 1 is 1.11 bits per heavy atom. The number of nitrogens with one attached hydrogen (secondary N) is 1. The van der Waals surface area contributed by atoms with Gasteiger partial charge in [0.05, 0.1) is 19.8 Å². The summed E-state index contributed by atoms with van der Waals surface area (Å²) in [6.45, 7) is 6.53. The topological polar surface area (TPSA) is 100 Å². The molecule has 0 aromatic carbocycles. The Balaban J connectivity index is 4.41. The Kier molecular flexibility index (Phi) is 8.58. The summed E-state index contributed by atoms with van der Waals surface area (Å²) in [7, 11) is -3.74. The van der Waals surface area contributed by atoms with Gasteiger partial charge in [0.1, 0.15) is 6.23 Å². The zero-order valence-corrected chi connectivity index (χ0v) is 12.4. The molecule has 0 aliphatic carbocycles. The molecule has 0 aromatic rings. The Bertz CT molecular complexity index is 337.